The molecule has 1 aromatic carbocycles. The number of nitrogens with zero attached hydrogens (tertiary/aromatic N) is 3. The third-order valence-corrected chi connectivity index (χ3v) is 3.70. The van der Waals surface area contributed by atoms with Gasteiger partial charge in [0.05, 0.1) is 16.4 Å². The second-order valence-corrected chi connectivity index (χ2v) is 5.80. The number of hydrogen-bond acceptors (Lipinski definition) is 4. The van der Waals surface area contributed by atoms with Crippen LogP contribution in [0.1, 0.15) is 0 Å². The fourth-order valence-corrected chi connectivity index (χ4v) is 2.43. The number of hydrogen-bond donors (Lipinski definition) is 1. The standard InChI is InChI=1S/C13H9BrN4OS/c1-8(14)12(19)16-10-4-2-3-9(5-10)11-6-18-13(17-11)20-7-15-18/h2-7H,1H2,(H,16,19). The van der Waals surface area contributed by atoms with E-state index in [-0.39, 0.29) is 10.4 Å². The quantitative estimate of drug-likeness (QED) is 0.738. The number of carbonyl (C=O) groups excluding carboxylic acids is 1. The van der Waals surface area contributed by atoms with Crippen molar-refractivity contribution in [1.29, 1.82) is 0 Å². The van der Waals surface area contributed by atoms with Crippen LogP contribution >= 0.6 is 27.3 Å². The van der Waals surface area contributed by atoms with E-state index in [0.717, 1.165) is 16.2 Å². The largest absolute Gasteiger partial charge is 0.322 e. The van der Waals surface area contributed by atoms with E-state index in [0.29, 0.717) is 5.69 Å². The van der Waals surface area contributed by atoms with Crippen LogP contribution in [-0.4, -0.2) is 20.5 Å². The van der Waals surface area contributed by atoms with Gasteiger partial charge in [0.25, 0.3) is 5.91 Å². The van der Waals surface area contributed by atoms with Gasteiger partial charge in [-0.15, -0.1) is 0 Å². The van der Waals surface area contributed by atoms with Gasteiger partial charge in [0.2, 0.25) is 4.96 Å². The van der Waals surface area contributed by atoms with Crippen molar-refractivity contribution in [2.45, 2.75) is 0 Å². The number of rotatable bonds is 3. The number of anilines is 1. The number of amides is 1. The summed E-state index contributed by atoms with van der Waals surface area (Å²) in [6.07, 6.45) is 1.86. The van der Waals surface area contributed by atoms with Crippen LogP contribution in [0.2, 0.25) is 0 Å². The van der Waals surface area contributed by atoms with Crippen LogP contribution in [0.15, 0.2) is 47.0 Å². The summed E-state index contributed by atoms with van der Waals surface area (Å²) in [7, 11) is 0. The third-order valence-electron chi connectivity index (χ3n) is 2.65. The molecule has 0 fully saturated rings. The molecule has 0 unspecified atom stereocenters. The minimum atomic E-state index is -0.269. The van der Waals surface area contributed by atoms with Crippen LogP contribution in [-0.2, 0) is 4.79 Å². The lowest BCUT2D eigenvalue weighted by atomic mass is 10.1. The van der Waals surface area contributed by atoms with Gasteiger partial charge in [-0.1, -0.05) is 30.0 Å². The number of fused-ring (bicyclic) bond motifs is 1. The molecular formula is C13H9BrN4OS. The zero-order valence-corrected chi connectivity index (χ0v) is 12.6. The van der Waals surface area contributed by atoms with Crippen molar-refractivity contribution in [3.8, 4) is 11.3 Å². The fraction of sp³-hybridized carbons (Fsp3) is 0. The maximum atomic E-state index is 11.6. The fourth-order valence-electron chi connectivity index (χ4n) is 1.73. The first kappa shape index (κ1) is 13.0. The van der Waals surface area contributed by atoms with E-state index in [9.17, 15) is 4.79 Å². The van der Waals surface area contributed by atoms with Crippen LogP contribution in [0.3, 0.4) is 0 Å². The van der Waals surface area contributed by atoms with Gasteiger partial charge in [0, 0.05) is 11.3 Å². The maximum absolute atomic E-state index is 11.6. The second-order valence-electron chi connectivity index (χ2n) is 4.03. The van der Waals surface area contributed by atoms with Crippen molar-refractivity contribution in [2.24, 2.45) is 0 Å². The zero-order valence-electron chi connectivity index (χ0n) is 10.2. The molecule has 3 rings (SSSR count). The highest BCUT2D eigenvalue weighted by atomic mass is 79.9. The Hall–Kier alpha value is -1.99. The molecule has 3 aromatic rings. The van der Waals surface area contributed by atoms with Gasteiger partial charge in [-0.25, -0.2) is 9.50 Å². The molecule has 5 nitrogen and oxygen atoms in total. The van der Waals surface area contributed by atoms with Crippen LogP contribution < -0.4 is 5.32 Å². The van der Waals surface area contributed by atoms with E-state index in [1.54, 1.807) is 10.0 Å². The molecule has 0 radical (unpaired) electrons. The van der Waals surface area contributed by atoms with Crippen molar-refractivity contribution in [1.82, 2.24) is 14.6 Å². The lowest BCUT2D eigenvalue weighted by molar-refractivity contribution is -0.112. The number of imidazole rings is 1. The molecule has 2 heterocycles. The highest BCUT2D eigenvalue weighted by Gasteiger charge is 2.08. The number of aromatic nitrogens is 3. The van der Waals surface area contributed by atoms with Crippen molar-refractivity contribution in [3.63, 3.8) is 0 Å². The smallest absolute Gasteiger partial charge is 0.262 e. The Kier molecular flexibility index (Phi) is 3.37. The molecule has 0 aliphatic carbocycles. The first-order chi connectivity index (χ1) is 9.63. The predicted octanol–water partition coefficient (Wildman–Crippen LogP) is 3.30. The first-order valence-corrected chi connectivity index (χ1v) is 7.36. The van der Waals surface area contributed by atoms with E-state index in [4.69, 9.17) is 0 Å². The molecule has 0 atom stereocenters. The normalized spacial score (nSPS) is 10.7. The SMILES string of the molecule is C=C(Br)C(=O)Nc1cccc(-c2cn3ncsc3n2)c1. The Labute approximate surface area is 127 Å². The number of carbonyl (C=O) groups is 1. The summed E-state index contributed by atoms with van der Waals surface area (Å²) in [5.41, 5.74) is 4.17. The summed E-state index contributed by atoms with van der Waals surface area (Å²) in [5, 5.41) is 6.89. The van der Waals surface area contributed by atoms with Gasteiger partial charge in [0.15, 0.2) is 0 Å². The summed E-state index contributed by atoms with van der Waals surface area (Å²) in [6, 6.07) is 7.47. The molecule has 0 spiro atoms. The van der Waals surface area contributed by atoms with E-state index in [1.807, 2.05) is 30.5 Å². The monoisotopic (exact) mass is 348 g/mol. The van der Waals surface area contributed by atoms with Gasteiger partial charge < -0.3 is 5.32 Å². The third kappa shape index (κ3) is 2.50. The van der Waals surface area contributed by atoms with Crippen molar-refractivity contribution < 1.29 is 4.79 Å². The lowest BCUT2D eigenvalue weighted by Crippen LogP contribution is -2.10. The number of halogens is 1. The first-order valence-electron chi connectivity index (χ1n) is 5.68. The average Bonchev–Trinajstić information content (AvgIpc) is 2.99. The van der Waals surface area contributed by atoms with Crippen LogP contribution in [0.5, 0.6) is 0 Å². The van der Waals surface area contributed by atoms with Crippen molar-refractivity contribution in [3.05, 3.63) is 47.0 Å². The topological polar surface area (TPSA) is 59.3 Å². The predicted molar refractivity (Wildman–Crippen MR) is 83.0 cm³/mol. The van der Waals surface area contributed by atoms with Gasteiger partial charge in [0.1, 0.15) is 5.51 Å². The lowest BCUT2D eigenvalue weighted by Gasteiger charge is -2.05. The van der Waals surface area contributed by atoms with Gasteiger partial charge in [-0.2, -0.15) is 5.10 Å². The highest BCUT2D eigenvalue weighted by Crippen LogP contribution is 2.23. The molecule has 0 aliphatic heterocycles. The summed E-state index contributed by atoms with van der Waals surface area (Å²) in [4.78, 5) is 16.9. The molecule has 1 amide bonds. The average molecular weight is 349 g/mol. The van der Waals surface area contributed by atoms with Gasteiger partial charge in [-0.3, -0.25) is 4.79 Å². The molecule has 20 heavy (non-hydrogen) atoms. The van der Waals surface area contributed by atoms with E-state index >= 15 is 0 Å². The van der Waals surface area contributed by atoms with E-state index in [2.05, 4.69) is 37.9 Å². The van der Waals surface area contributed by atoms with Gasteiger partial charge in [-0.05, 0) is 28.1 Å². The molecule has 0 saturated heterocycles. The Bertz CT molecular complexity index is 779. The molecule has 7 heteroatoms. The minimum absolute atomic E-state index is 0.269. The maximum Gasteiger partial charge on any atom is 0.262 e. The summed E-state index contributed by atoms with van der Waals surface area (Å²) >= 11 is 4.52. The summed E-state index contributed by atoms with van der Waals surface area (Å²) < 4.78 is 2.01. The summed E-state index contributed by atoms with van der Waals surface area (Å²) in [5.74, 6) is -0.269. The van der Waals surface area contributed by atoms with E-state index in [1.165, 1.54) is 11.3 Å². The second kappa shape index (κ2) is 5.18. The van der Waals surface area contributed by atoms with Crippen LogP contribution in [0.25, 0.3) is 16.2 Å². The number of nitrogens with one attached hydrogen (secondary N) is 1. The molecule has 0 aliphatic rings. The highest BCUT2D eigenvalue weighted by molar-refractivity contribution is 9.12. The molecular weight excluding hydrogens is 340 g/mol. The Morgan fingerprint density at radius 1 is 1.45 bits per heavy atom. The Morgan fingerprint density at radius 3 is 3.05 bits per heavy atom. The number of benzene rings is 1. The van der Waals surface area contributed by atoms with Crippen molar-refractivity contribution >= 4 is 43.8 Å². The van der Waals surface area contributed by atoms with Crippen molar-refractivity contribution in [2.75, 3.05) is 5.32 Å². The van der Waals surface area contributed by atoms with Crippen LogP contribution in [0.4, 0.5) is 5.69 Å². The molecule has 0 bridgehead atoms. The minimum Gasteiger partial charge on any atom is -0.322 e. The molecule has 1 N–H and O–H groups in total. The van der Waals surface area contributed by atoms with Crippen LogP contribution in [0, 0.1) is 0 Å². The Balaban J connectivity index is 1.92. The Morgan fingerprint density at radius 2 is 2.30 bits per heavy atom. The molecule has 0 saturated carbocycles. The zero-order chi connectivity index (χ0) is 14.1. The van der Waals surface area contributed by atoms with E-state index < -0.39 is 0 Å². The van der Waals surface area contributed by atoms with Gasteiger partial charge >= 0.3 is 0 Å². The molecule has 2 aromatic heterocycles. The molecule has 100 valence electrons. The summed E-state index contributed by atoms with van der Waals surface area (Å²) in [6.45, 7) is 3.54.